The van der Waals surface area contributed by atoms with Crippen LogP contribution in [0.2, 0.25) is 0 Å². The van der Waals surface area contributed by atoms with Gasteiger partial charge in [-0.3, -0.25) is 9.59 Å². The highest BCUT2D eigenvalue weighted by atomic mass is 16.5. The number of nitrogens with one attached hydrogen (secondary N) is 1. The second kappa shape index (κ2) is 7.34. The van der Waals surface area contributed by atoms with Crippen molar-refractivity contribution in [1.82, 2.24) is 29.9 Å². The molecular formula is C18H24N6O4. The quantitative estimate of drug-likeness (QED) is 0.827. The Morgan fingerprint density at radius 2 is 2.11 bits per heavy atom. The predicted octanol–water partition coefficient (Wildman–Crippen LogP) is 0.833. The highest BCUT2D eigenvalue weighted by molar-refractivity contribution is 5.93. The number of nitrogens with zero attached hydrogens (tertiary/aromatic N) is 5. The van der Waals surface area contributed by atoms with Gasteiger partial charge < -0.3 is 24.0 Å². The molecule has 0 aromatic carbocycles. The van der Waals surface area contributed by atoms with Crippen molar-refractivity contribution in [1.29, 1.82) is 0 Å². The van der Waals surface area contributed by atoms with E-state index < -0.39 is 5.60 Å². The highest BCUT2D eigenvalue weighted by Crippen LogP contribution is 2.31. The maximum atomic E-state index is 12.7. The van der Waals surface area contributed by atoms with Crippen molar-refractivity contribution in [3.8, 4) is 0 Å². The molecule has 150 valence electrons. The SMILES string of the molecule is Cc1noc(CN2CC3(CCN(C(=O)c4nc[nH]c4C)CC3)OCCC2=O)n1. The fraction of sp³-hybridized carbons (Fsp3) is 0.611. The number of piperidine rings is 1. The number of imidazole rings is 1. The van der Waals surface area contributed by atoms with E-state index in [9.17, 15) is 9.59 Å². The smallest absolute Gasteiger partial charge is 0.274 e. The van der Waals surface area contributed by atoms with Crippen LogP contribution in [0.25, 0.3) is 0 Å². The highest BCUT2D eigenvalue weighted by Gasteiger charge is 2.42. The number of likely N-dealkylation sites (tertiary alicyclic amines) is 1. The fourth-order valence-corrected chi connectivity index (χ4v) is 3.85. The van der Waals surface area contributed by atoms with Crippen LogP contribution in [-0.2, 0) is 16.1 Å². The van der Waals surface area contributed by atoms with Crippen molar-refractivity contribution in [2.45, 2.75) is 45.3 Å². The van der Waals surface area contributed by atoms with Gasteiger partial charge in [-0.15, -0.1) is 0 Å². The number of aromatic nitrogens is 4. The molecule has 1 N–H and O–H groups in total. The van der Waals surface area contributed by atoms with Crippen LogP contribution in [0, 0.1) is 13.8 Å². The van der Waals surface area contributed by atoms with Gasteiger partial charge in [-0.05, 0) is 26.7 Å². The molecule has 0 aliphatic carbocycles. The second-order valence-corrected chi connectivity index (χ2v) is 7.43. The number of carbonyl (C=O) groups is 2. The summed E-state index contributed by atoms with van der Waals surface area (Å²) in [7, 11) is 0. The molecule has 2 aromatic rings. The average molecular weight is 388 g/mol. The van der Waals surface area contributed by atoms with Crippen molar-refractivity contribution >= 4 is 11.8 Å². The van der Waals surface area contributed by atoms with Crippen molar-refractivity contribution in [2.75, 3.05) is 26.2 Å². The molecule has 4 heterocycles. The minimum Gasteiger partial charge on any atom is -0.372 e. The van der Waals surface area contributed by atoms with Crippen LogP contribution >= 0.6 is 0 Å². The number of hydrogen-bond donors (Lipinski definition) is 1. The maximum absolute atomic E-state index is 12.7. The summed E-state index contributed by atoms with van der Waals surface area (Å²) >= 11 is 0. The molecule has 2 aliphatic rings. The van der Waals surface area contributed by atoms with E-state index in [1.807, 2.05) is 6.92 Å². The van der Waals surface area contributed by atoms with Gasteiger partial charge in [-0.2, -0.15) is 4.98 Å². The van der Waals surface area contributed by atoms with Gasteiger partial charge in [0.05, 0.1) is 31.5 Å². The number of amides is 2. The summed E-state index contributed by atoms with van der Waals surface area (Å²) in [4.78, 5) is 40.0. The molecule has 2 fully saturated rings. The molecule has 1 spiro atoms. The van der Waals surface area contributed by atoms with Crippen LogP contribution in [0.15, 0.2) is 10.9 Å². The van der Waals surface area contributed by atoms with Crippen LogP contribution in [0.3, 0.4) is 0 Å². The summed E-state index contributed by atoms with van der Waals surface area (Å²) in [5.74, 6) is 0.906. The van der Waals surface area contributed by atoms with Gasteiger partial charge in [0.2, 0.25) is 11.8 Å². The predicted molar refractivity (Wildman–Crippen MR) is 96.2 cm³/mol. The molecule has 10 heteroatoms. The molecule has 2 saturated heterocycles. The molecule has 2 amide bonds. The Morgan fingerprint density at radius 3 is 2.75 bits per heavy atom. The summed E-state index contributed by atoms with van der Waals surface area (Å²) in [6.07, 6.45) is 3.18. The van der Waals surface area contributed by atoms with Crippen LogP contribution in [0.4, 0.5) is 0 Å². The lowest BCUT2D eigenvalue weighted by molar-refractivity contribution is -0.132. The molecule has 2 aromatic heterocycles. The Balaban J connectivity index is 1.43. The summed E-state index contributed by atoms with van der Waals surface area (Å²) in [6.45, 7) is 5.82. The molecule has 0 bridgehead atoms. The Hall–Kier alpha value is -2.75. The number of H-pyrrole nitrogens is 1. The van der Waals surface area contributed by atoms with Crippen LogP contribution in [0.1, 0.15) is 47.2 Å². The molecule has 28 heavy (non-hydrogen) atoms. The topological polar surface area (TPSA) is 117 Å². The van der Waals surface area contributed by atoms with Gasteiger partial charge in [0.25, 0.3) is 5.91 Å². The molecule has 0 atom stereocenters. The number of aromatic amines is 1. The zero-order valence-corrected chi connectivity index (χ0v) is 16.1. The second-order valence-electron chi connectivity index (χ2n) is 7.43. The van der Waals surface area contributed by atoms with E-state index in [2.05, 4.69) is 20.1 Å². The van der Waals surface area contributed by atoms with E-state index in [0.29, 0.717) is 62.9 Å². The monoisotopic (exact) mass is 388 g/mol. The third-order valence-corrected chi connectivity index (χ3v) is 5.45. The first-order chi connectivity index (χ1) is 13.5. The Kier molecular flexibility index (Phi) is 4.88. The first kappa shape index (κ1) is 18.6. The number of ether oxygens (including phenoxy) is 1. The number of rotatable bonds is 3. The number of hydrogen-bond acceptors (Lipinski definition) is 7. The summed E-state index contributed by atoms with van der Waals surface area (Å²) in [5.41, 5.74) is 0.766. The van der Waals surface area contributed by atoms with Crippen molar-refractivity contribution in [2.24, 2.45) is 0 Å². The maximum Gasteiger partial charge on any atom is 0.274 e. The van der Waals surface area contributed by atoms with Gasteiger partial charge in [-0.1, -0.05) is 5.16 Å². The standard InChI is InChI=1S/C18H24N6O4/c1-12-16(20-11-19-12)17(26)23-6-4-18(5-7-23)10-24(15(25)3-8-27-18)9-14-21-13(2)22-28-14/h11H,3-10H2,1-2H3,(H,19,20). The van der Waals surface area contributed by atoms with Gasteiger partial charge in [0, 0.05) is 18.8 Å². The van der Waals surface area contributed by atoms with E-state index in [0.717, 1.165) is 5.69 Å². The Bertz CT molecular complexity index is 867. The average Bonchev–Trinajstić information content (AvgIpc) is 3.25. The third kappa shape index (κ3) is 3.64. The molecule has 2 aliphatic heterocycles. The minimum atomic E-state index is -0.460. The summed E-state index contributed by atoms with van der Waals surface area (Å²) < 4.78 is 11.3. The molecule has 10 nitrogen and oxygen atoms in total. The minimum absolute atomic E-state index is 0.0124. The van der Waals surface area contributed by atoms with Crippen molar-refractivity contribution < 1.29 is 18.8 Å². The zero-order valence-electron chi connectivity index (χ0n) is 16.1. The van der Waals surface area contributed by atoms with E-state index in [4.69, 9.17) is 9.26 Å². The van der Waals surface area contributed by atoms with Gasteiger partial charge in [-0.25, -0.2) is 4.98 Å². The van der Waals surface area contributed by atoms with Crippen LogP contribution in [-0.4, -0.2) is 73.6 Å². The normalized spacial score (nSPS) is 19.9. The summed E-state index contributed by atoms with van der Waals surface area (Å²) in [6, 6.07) is 0. The van der Waals surface area contributed by atoms with E-state index in [1.54, 1.807) is 16.7 Å². The van der Waals surface area contributed by atoms with Gasteiger partial charge in [0.1, 0.15) is 12.2 Å². The fourth-order valence-electron chi connectivity index (χ4n) is 3.85. The molecule has 0 saturated carbocycles. The first-order valence-corrected chi connectivity index (χ1v) is 9.46. The Labute approximate surface area is 162 Å². The molecule has 0 unspecified atom stereocenters. The lowest BCUT2D eigenvalue weighted by Gasteiger charge is -2.42. The molecular weight excluding hydrogens is 364 g/mol. The number of aryl methyl sites for hydroxylation is 2. The van der Waals surface area contributed by atoms with Crippen LogP contribution in [0.5, 0.6) is 0 Å². The van der Waals surface area contributed by atoms with E-state index >= 15 is 0 Å². The van der Waals surface area contributed by atoms with Crippen molar-refractivity contribution in [3.05, 3.63) is 29.4 Å². The van der Waals surface area contributed by atoms with Crippen LogP contribution < -0.4 is 0 Å². The summed E-state index contributed by atoms with van der Waals surface area (Å²) in [5, 5.41) is 3.79. The first-order valence-electron chi connectivity index (χ1n) is 9.46. The third-order valence-electron chi connectivity index (χ3n) is 5.45. The van der Waals surface area contributed by atoms with Gasteiger partial charge >= 0.3 is 0 Å². The lowest BCUT2D eigenvalue weighted by atomic mass is 9.90. The molecule has 4 rings (SSSR count). The molecule has 0 radical (unpaired) electrons. The van der Waals surface area contributed by atoms with E-state index in [-0.39, 0.29) is 18.4 Å². The lowest BCUT2D eigenvalue weighted by Crippen LogP contribution is -2.53. The van der Waals surface area contributed by atoms with E-state index in [1.165, 1.54) is 6.33 Å². The zero-order chi connectivity index (χ0) is 19.7. The Morgan fingerprint density at radius 1 is 1.32 bits per heavy atom. The number of carbonyl (C=O) groups excluding carboxylic acids is 2. The van der Waals surface area contributed by atoms with Gasteiger partial charge in [0.15, 0.2) is 5.82 Å². The van der Waals surface area contributed by atoms with Crippen molar-refractivity contribution in [3.63, 3.8) is 0 Å². The largest absolute Gasteiger partial charge is 0.372 e.